The number of rotatable bonds is 6. The molecule has 4 nitrogen and oxygen atoms in total. The van der Waals surface area contributed by atoms with E-state index in [4.69, 9.17) is 56.4 Å². The molecule has 1 aromatic heterocycles. The smallest absolute Gasteiger partial charge is 0.229 e. The standard InChI is InChI=1S/C32H20Cl4N4/c33-22-11-7-19(8-12-22)21-15-28(20-9-13-23(34)14-10-20)30-29(16-21)31(37-26-5-1-3-24(35)17-26)40-32(39-30)38-27-6-2-4-25(36)18-27/h1-18H,(H2,37,38,39,40). The van der Waals surface area contributed by atoms with Gasteiger partial charge in [0.1, 0.15) is 5.82 Å². The van der Waals surface area contributed by atoms with Crippen molar-refractivity contribution in [1.82, 2.24) is 9.97 Å². The van der Waals surface area contributed by atoms with Gasteiger partial charge in [0, 0.05) is 42.4 Å². The summed E-state index contributed by atoms with van der Waals surface area (Å²) in [6.45, 7) is 0. The Bertz CT molecular complexity index is 1840. The Labute approximate surface area is 251 Å². The first-order chi connectivity index (χ1) is 19.4. The van der Waals surface area contributed by atoms with Gasteiger partial charge in [-0.3, -0.25) is 0 Å². The average Bonchev–Trinajstić information content (AvgIpc) is 2.94. The van der Waals surface area contributed by atoms with Gasteiger partial charge < -0.3 is 10.6 Å². The summed E-state index contributed by atoms with van der Waals surface area (Å²) in [5.41, 5.74) is 6.21. The molecule has 196 valence electrons. The molecule has 0 aliphatic rings. The lowest BCUT2D eigenvalue weighted by molar-refractivity contribution is 1.21. The zero-order valence-corrected chi connectivity index (χ0v) is 23.8. The van der Waals surface area contributed by atoms with Gasteiger partial charge >= 0.3 is 0 Å². The van der Waals surface area contributed by atoms with Gasteiger partial charge in [-0.25, -0.2) is 4.98 Å². The molecule has 0 bridgehead atoms. The Morgan fingerprint density at radius 1 is 0.475 bits per heavy atom. The summed E-state index contributed by atoms with van der Waals surface area (Å²) in [6.07, 6.45) is 0. The second-order valence-electron chi connectivity index (χ2n) is 9.10. The van der Waals surface area contributed by atoms with Crippen LogP contribution in [0.1, 0.15) is 0 Å². The number of nitrogens with zero attached hydrogens (tertiary/aromatic N) is 2. The highest BCUT2D eigenvalue weighted by Gasteiger charge is 2.16. The summed E-state index contributed by atoms with van der Waals surface area (Å²) in [5, 5.41) is 10.1. The predicted octanol–water partition coefficient (Wildman–Crippen LogP) is 11.1. The van der Waals surface area contributed by atoms with E-state index in [-0.39, 0.29) is 0 Å². The molecular weight excluding hydrogens is 582 g/mol. The van der Waals surface area contributed by atoms with Crippen molar-refractivity contribution in [2.75, 3.05) is 10.6 Å². The van der Waals surface area contributed by atoms with Crippen molar-refractivity contribution in [1.29, 1.82) is 0 Å². The van der Waals surface area contributed by atoms with Gasteiger partial charge in [0.2, 0.25) is 5.95 Å². The average molecular weight is 602 g/mol. The van der Waals surface area contributed by atoms with Gasteiger partial charge in [0.25, 0.3) is 0 Å². The van der Waals surface area contributed by atoms with E-state index in [1.54, 1.807) is 0 Å². The number of hydrogen-bond donors (Lipinski definition) is 2. The fourth-order valence-corrected chi connectivity index (χ4v) is 5.07. The van der Waals surface area contributed by atoms with Crippen LogP contribution in [0, 0.1) is 0 Å². The molecule has 0 fully saturated rings. The van der Waals surface area contributed by atoms with E-state index in [1.165, 1.54) is 0 Å². The van der Waals surface area contributed by atoms with Crippen molar-refractivity contribution < 1.29 is 0 Å². The quantitative estimate of drug-likeness (QED) is 0.199. The van der Waals surface area contributed by atoms with Crippen molar-refractivity contribution in [2.24, 2.45) is 0 Å². The van der Waals surface area contributed by atoms with Crippen LogP contribution in [0.4, 0.5) is 23.1 Å². The van der Waals surface area contributed by atoms with Crippen molar-refractivity contribution in [3.8, 4) is 22.3 Å². The van der Waals surface area contributed by atoms with Gasteiger partial charge in [0.15, 0.2) is 0 Å². The Morgan fingerprint density at radius 2 is 1.05 bits per heavy atom. The number of nitrogens with one attached hydrogen (secondary N) is 2. The fraction of sp³-hybridized carbons (Fsp3) is 0. The molecule has 0 aliphatic carbocycles. The third-order valence-corrected chi connectivity index (χ3v) is 7.28. The lowest BCUT2D eigenvalue weighted by Crippen LogP contribution is -2.03. The van der Waals surface area contributed by atoms with Crippen LogP contribution in [0.3, 0.4) is 0 Å². The first kappa shape index (κ1) is 26.4. The van der Waals surface area contributed by atoms with E-state index in [0.717, 1.165) is 44.5 Å². The number of aromatic nitrogens is 2. The first-order valence-corrected chi connectivity index (χ1v) is 13.9. The number of anilines is 4. The number of hydrogen-bond acceptors (Lipinski definition) is 4. The maximum Gasteiger partial charge on any atom is 0.229 e. The molecule has 0 saturated heterocycles. The van der Waals surface area contributed by atoms with Crippen LogP contribution in [-0.2, 0) is 0 Å². The van der Waals surface area contributed by atoms with Crippen LogP contribution in [0.2, 0.25) is 20.1 Å². The fourth-order valence-electron chi connectivity index (χ4n) is 4.44. The van der Waals surface area contributed by atoms with Gasteiger partial charge in [-0.1, -0.05) is 82.8 Å². The summed E-state index contributed by atoms with van der Waals surface area (Å²) in [6, 6.07) is 34.6. The Kier molecular flexibility index (Phi) is 7.50. The molecule has 8 heteroatoms. The molecule has 6 aromatic rings. The molecule has 0 atom stereocenters. The van der Waals surface area contributed by atoms with Gasteiger partial charge in [-0.15, -0.1) is 0 Å². The number of benzene rings is 5. The SMILES string of the molecule is Clc1ccc(-c2cc(-c3ccc(Cl)cc3)c3nc(Nc4cccc(Cl)c4)nc(Nc4cccc(Cl)c4)c3c2)cc1. The molecule has 5 aromatic carbocycles. The zero-order valence-electron chi connectivity index (χ0n) is 20.8. The van der Waals surface area contributed by atoms with Gasteiger partial charge in [0.05, 0.1) is 5.52 Å². The van der Waals surface area contributed by atoms with Crippen molar-refractivity contribution >= 4 is 80.4 Å². The molecule has 0 saturated carbocycles. The zero-order chi connectivity index (χ0) is 27.6. The molecule has 0 radical (unpaired) electrons. The largest absolute Gasteiger partial charge is 0.340 e. The Balaban J connectivity index is 1.61. The molecule has 0 amide bonds. The van der Waals surface area contributed by atoms with E-state index >= 15 is 0 Å². The van der Waals surface area contributed by atoms with Gasteiger partial charge in [-0.05, 0) is 89.5 Å². The summed E-state index contributed by atoms with van der Waals surface area (Å²) >= 11 is 25.0. The van der Waals surface area contributed by atoms with Crippen molar-refractivity contribution in [3.63, 3.8) is 0 Å². The molecule has 6 rings (SSSR count). The molecule has 0 spiro atoms. The number of halogens is 4. The summed E-state index contributed by atoms with van der Waals surface area (Å²) < 4.78 is 0. The van der Waals surface area contributed by atoms with E-state index in [2.05, 4.69) is 22.8 Å². The molecular formula is C32H20Cl4N4. The van der Waals surface area contributed by atoms with Crippen LogP contribution in [0.5, 0.6) is 0 Å². The summed E-state index contributed by atoms with van der Waals surface area (Å²) in [4.78, 5) is 9.87. The molecule has 2 N–H and O–H groups in total. The monoisotopic (exact) mass is 600 g/mol. The number of fused-ring (bicyclic) bond motifs is 1. The van der Waals surface area contributed by atoms with Crippen molar-refractivity contribution in [2.45, 2.75) is 0 Å². The predicted molar refractivity (Wildman–Crippen MR) is 170 cm³/mol. The molecule has 0 unspecified atom stereocenters. The third kappa shape index (κ3) is 5.86. The van der Waals surface area contributed by atoms with E-state index in [9.17, 15) is 0 Å². The minimum absolute atomic E-state index is 0.411. The van der Waals surface area contributed by atoms with E-state index < -0.39 is 0 Å². The highest BCUT2D eigenvalue weighted by molar-refractivity contribution is 6.31. The molecule has 40 heavy (non-hydrogen) atoms. The van der Waals surface area contributed by atoms with Crippen LogP contribution >= 0.6 is 46.4 Å². The topological polar surface area (TPSA) is 49.8 Å². The summed E-state index contributed by atoms with van der Waals surface area (Å²) in [7, 11) is 0. The maximum atomic E-state index is 6.30. The van der Waals surface area contributed by atoms with Gasteiger partial charge in [-0.2, -0.15) is 4.98 Å². The van der Waals surface area contributed by atoms with Crippen LogP contribution in [0.25, 0.3) is 33.2 Å². The lowest BCUT2D eigenvalue weighted by Gasteiger charge is -2.16. The molecule has 0 aliphatic heterocycles. The highest BCUT2D eigenvalue weighted by Crippen LogP contribution is 2.38. The van der Waals surface area contributed by atoms with Crippen LogP contribution < -0.4 is 10.6 Å². The van der Waals surface area contributed by atoms with E-state index in [1.807, 2.05) is 97.1 Å². The summed E-state index contributed by atoms with van der Waals surface area (Å²) in [5.74, 6) is 1.02. The van der Waals surface area contributed by atoms with Crippen LogP contribution in [-0.4, -0.2) is 9.97 Å². The third-order valence-electron chi connectivity index (χ3n) is 6.30. The minimum Gasteiger partial charge on any atom is -0.340 e. The van der Waals surface area contributed by atoms with E-state index in [0.29, 0.717) is 31.9 Å². The highest BCUT2D eigenvalue weighted by atomic mass is 35.5. The second kappa shape index (κ2) is 11.4. The normalized spacial score (nSPS) is 11.0. The maximum absolute atomic E-state index is 6.30. The van der Waals surface area contributed by atoms with Crippen molar-refractivity contribution in [3.05, 3.63) is 129 Å². The molecule has 1 heterocycles. The lowest BCUT2D eigenvalue weighted by atomic mass is 9.95. The second-order valence-corrected chi connectivity index (χ2v) is 10.8. The Morgan fingerprint density at radius 3 is 1.65 bits per heavy atom. The first-order valence-electron chi connectivity index (χ1n) is 12.3. The minimum atomic E-state index is 0.411. The van der Waals surface area contributed by atoms with Crippen LogP contribution in [0.15, 0.2) is 109 Å². The Hall–Kier alpha value is -3.80.